The first kappa shape index (κ1) is 22.8. The van der Waals surface area contributed by atoms with Crippen LogP contribution in [0.1, 0.15) is 49.9 Å². The molecule has 0 aliphatic carbocycles. The van der Waals surface area contributed by atoms with Crippen LogP contribution in [0.3, 0.4) is 0 Å². The Morgan fingerprint density at radius 1 is 1.18 bits per heavy atom. The van der Waals surface area contributed by atoms with Crippen LogP contribution in [0.5, 0.6) is 11.8 Å². The predicted octanol–water partition coefficient (Wildman–Crippen LogP) is 3.67. The van der Waals surface area contributed by atoms with Gasteiger partial charge in [-0.3, -0.25) is 4.57 Å². The molecule has 2 atom stereocenters. The van der Waals surface area contributed by atoms with Crippen LogP contribution in [-0.2, 0) is 22.1 Å². The maximum atomic E-state index is 13.5. The number of hydrogen-bond donors (Lipinski definition) is 3. The highest BCUT2D eigenvalue weighted by atomic mass is 19.4. The van der Waals surface area contributed by atoms with E-state index in [1.807, 2.05) is 13.8 Å². The molecule has 1 aromatic carbocycles. The van der Waals surface area contributed by atoms with Crippen molar-refractivity contribution in [2.45, 2.75) is 51.1 Å². The number of aromatic hydroxyl groups is 2. The molecule has 0 spiro atoms. The number of ether oxygens (including phenoxy) is 1. The molecular weight excluding hydrogens is 441 g/mol. The van der Waals surface area contributed by atoms with E-state index in [1.165, 1.54) is 17.0 Å². The average Bonchev–Trinajstić information content (AvgIpc) is 3.06. The van der Waals surface area contributed by atoms with Gasteiger partial charge in [0.25, 0.3) is 0 Å². The van der Waals surface area contributed by atoms with Crippen LogP contribution in [0.15, 0.2) is 18.2 Å². The van der Waals surface area contributed by atoms with E-state index < -0.39 is 40.3 Å². The number of nitrogens with one attached hydrogen (secondary N) is 1. The number of carbonyl (C=O) groups is 1. The molecule has 2 bridgehead atoms. The zero-order valence-electron chi connectivity index (χ0n) is 18.4. The van der Waals surface area contributed by atoms with E-state index in [0.717, 1.165) is 10.6 Å². The summed E-state index contributed by atoms with van der Waals surface area (Å²) in [6.45, 7) is 7.06. The number of fused-ring (bicyclic) bond motifs is 5. The van der Waals surface area contributed by atoms with Gasteiger partial charge in [-0.1, -0.05) is 0 Å². The second kappa shape index (κ2) is 7.05. The lowest BCUT2D eigenvalue weighted by molar-refractivity contribution is -0.176. The summed E-state index contributed by atoms with van der Waals surface area (Å²) in [7, 11) is 0. The third kappa shape index (κ3) is 3.36. The molecule has 1 fully saturated rings. The molecule has 0 unspecified atom stereocenters. The lowest BCUT2D eigenvalue weighted by Crippen LogP contribution is -2.56. The molecule has 1 aromatic heterocycles. The number of amides is 2. The standard InChI is InChI=1S/C22H23F3N4O4/c1-11(2)27-19(32)28-9-20(3)15-16(21(4,10-28)33-20)18(31)29(17(15)30)13-6-5-12(8-26)14(7-13)22(23,24)25/h5-7,11,30-31H,9-10H2,1-4H3,(H,27,32)/t20-,21+. The van der Waals surface area contributed by atoms with Gasteiger partial charge in [-0.2, -0.15) is 18.4 Å². The Morgan fingerprint density at radius 3 is 2.18 bits per heavy atom. The van der Waals surface area contributed by atoms with Gasteiger partial charge in [0.05, 0.1) is 47.1 Å². The van der Waals surface area contributed by atoms with Crippen molar-refractivity contribution in [2.24, 2.45) is 0 Å². The molecule has 2 aromatic rings. The van der Waals surface area contributed by atoms with Gasteiger partial charge >= 0.3 is 12.2 Å². The van der Waals surface area contributed by atoms with E-state index in [1.54, 1.807) is 13.8 Å². The van der Waals surface area contributed by atoms with Gasteiger partial charge in [0.2, 0.25) is 11.8 Å². The number of benzene rings is 1. The maximum Gasteiger partial charge on any atom is 0.417 e. The molecule has 4 rings (SSSR count). The van der Waals surface area contributed by atoms with E-state index >= 15 is 0 Å². The van der Waals surface area contributed by atoms with Crippen molar-refractivity contribution in [1.82, 2.24) is 14.8 Å². The number of nitrogens with zero attached hydrogens (tertiary/aromatic N) is 3. The first-order valence-corrected chi connectivity index (χ1v) is 10.3. The Bertz CT molecular complexity index is 1160. The minimum atomic E-state index is -4.80. The summed E-state index contributed by atoms with van der Waals surface area (Å²) in [5.41, 5.74) is -3.91. The van der Waals surface area contributed by atoms with Crippen molar-refractivity contribution in [2.75, 3.05) is 13.1 Å². The molecule has 3 heterocycles. The van der Waals surface area contributed by atoms with E-state index in [9.17, 15) is 28.2 Å². The summed E-state index contributed by atoms with van der Waals surface area (Å²) in [5, 5.41) is 34.0. The van der Waals surface area contributed by atoms with Crippen LogP contribution in [0.25, 0.3) is 5.69 Å². The van der Waals surface area contributed by atoms with Crippen molar-refractivity contribution in [3.8, 4) is 23.5 Å². The number of nitriles is 1. The number of halogens is 3. The fourth-order valence-corrected chi connectivity index (χ4v) is 4.89. The number of morpholine rings is 1. The van der Waals surface area contributed by atoms with Crippen LogP contribution in [-0.4, -0.2) is 44.8 Å². The summed E-state index contributed by atoms with van der Waals surface area (Å²) in [4.78, 5) is 14.2. The van der Waals surface area contributed by atoms with Gasteiger partial charge in [0.15, 0.2) is 0 Å². The molecule has 1 saturated heterocycles. The van der Waals surface area contributed by atoms with Crippen molar-refractivity contribution < 1.29 is 32.9 Å². The second-order valence-electron chi connectivity index (χ2n) is 9.10. The molecule has 176 valence electrons. The highest BCUT2D eigenvalue weighted by Gasteiger charge is 2.59. The van der Waals surface area contributed by atoms with Crippen LogP contribution in [0.4, 0.5) is 18.0 Å². The van der Waals surface area contributed by atoms with Crippen molar-refractivity contribution in [3.05, 3.63) is 40.5 Å². The smallest absolute Gasteiger partial charge is 0.417 e. The Labute approximate surface area is 187 Å². The van der Waals surface area contributed by atoms with E-state index in [-0.39, 0.29) is 42.0 Å². The summed E-state index contributed by atoms with van der Waals surface area (Å²) < 4.78 is 47.5. The second-order valence-corrected chi connectivity index (χ2v) is 9.10. The quantitative estimate of drug-likeness (QED) is 0.628. The van der Waals surface area contributed by atoms with Crippen LogP contribution in [0, 0.1) is 11.3 Å². The number of alkyl halides is 3. The summed E-state index contributed by atoms with van der Waals surface area (Å²) in [6, 6.07) is 3.98. The zero-order chi connectivity index (χ0) is 24.5. The Balaban J connectivity index is 1.84. The van der Waals surface area contributed by atoms with Crippen molar-refractivity contribution >= 4 is 6.03 Å². The third-order valence-electron chi connectivity index (χ3n) is 6.00. The Kier molecular flexibility index (Phi) is 4.87. The molecule has 11 heteroatoms. The minimum absolute atomic E-state index is 0.0618. The molecule has 0 saturated carbocycles. The molecule has 33 heavy (non-hydrogen) atoms. The zero-order valence-corrected chi connectivity index (χ0v) is 18.4. The van der Waals surface area contributed by atoms with Gasteiger partial charge in [-0.25, -0.2) is 4.79 Å². The minimum Gasteiger partial charge on any atom is -0.494 e. The van der Waals surface area contributed by atoms with E-state index in [2.05, 4.69) is 5.32 Å². The number of hydrogen-bond acceptors (Lipinski definition) is 5. The van der Waals surface area contributed by atoms with E-state index in [0.29, 0.717) is 6.07 Å². The SMILES string of the molecule is CC(C)NC(=O)N1C[C@@]2(C)O[C@@](C)(C1)c1c2c(O)n(-c2ccc(C#N)c(C(F)(F)F)c2)c1O. The van der Waals surface area contributed by atoms with Gasteiger partial charge < -0.3 is 25.2 Å². The first-order valence-electron chi connectivity index (χ1n) is 10.3. The summed E-state index contributed by atoms with van der Waals surface area (Å²) in [5.74, 6) is -0.977. The fourth-order valence-electron chi connectivity index (χ4n) is 4.89. The highest BCUT2D eigenvalue weighted by Crippen LogP contribution is 2.59. The lowest BCUT2D eigenvalue weighted by Gasteiger charge is -2.43. The fraction of sp³-hybridized carbons (Fsp3) is 0.455. The monoisotopic (exact) mass is 464 g/mol. The summed E-state index contributed by atoms with van der Waals surface area (Å²) >= 11 is 0. The van der Waals surface area contributed by atoms with Crippen LogP contribution in [0.2, 0.25) is 0 Å². The maximum absolute atomic E-state index is 13.5. The molecule has 0 radical (unpaired) electrons. The first-order chi connectivity index (χ1) is 15.2. The van der Waals surface area contributed by atoms with Crippen molar-refractivity contribution in [3.63, 3.8) is 0 Å². The average molecular weight is 464 g/mol. The molecule has 2 amide bonds. The third-order valence-corrected chi connectivity index (χ3v) is 6.00. The summed E-state index contributed by atoms with van der Waals surface area (Å²) in [6.07, 6.45) is -4.80. The number of urea groups is 1. The number of rotatable bonds is 2. The molecule has 2 aliphatic rings. The van der Waals surface area contributed by atoms with Crippen molar-refractivity contribution in [1.29, 1.82) is 5.26 Å². The van der Waals surface area contributed by atoms with Gasteiger partial charge in [0.1, 0.15) is 11.2 Å². The highest BCUT2D eigenvalue weighted by molar-refractivity contribution is 5.76. The van der Waals surface area contributed by atoms with Gasteiger partial charge in [-0.05, 0) is 45.9 Å². The normalized spacial score (nSPS) is 24.0. The van der Waals surface area contributed by atoms with Crippen LogP contribution < -0.4 is 5.32 Å². The Hall–Kier alpha value is -3.39. The van der Waals surface area contributed by atoms with E-state index in [4.69, 9.17) is 10.00 Å². The Morgan fingerprint density at radius 2 is 1.73 bits per heavy atom. The topological polar surface area (TPSA) is 111 Å². The van der Waals surface area contributed by atoms with Gasteiger partial charge in [0, 0.05) is 6.04 Å². The molecule has 2 aliphatic heterocycles. The molecule has 8 nitrogen and oxygen atoms in total. The predicted molar refractivity (Wildman–Crippen MR) is 110 cm³/mol. The lowest BCUT2D eigenvalue weighted by atomic mass is 9.94. The molecular formula is C22H23F3N4O4. The van der Waals surface area contributed by atoms with Crippen LogP contribution >= 0.6 is 0 Å². The number of aromatic nitrogens is 1. The van der Waals surface area contributed by atoms with Gasteiger partial charge in [-0.15, -0.1) is 0 Å². The molecule has 3 N–H and O–H groups in total. The number of carbonyl (C=O) groups excluding carboxylic acids is 1. The largest absolute Gasteiger partial charge is 0.494 e.